The zero-order valence-corrected chi connectivity index (χ0v) is 19.1. The van der Waals surface area contributed by atoms with E-state index < -0.39 is 6.04 Å². The number of nitrogens with zero attached hydrogens (tertiary/aromatic N) is 1. The molecule has 2 rings (SSSR count). The lowest BCUT2D eigenvalue weighted by Crippen LogP contribution is -2.48. The van der Waals surface area contributed by atoms with Crippen molar-refractivity contribution in [3.8, 4) is 5.75 Å². The van der Waals surface area contributed by atoms with Gasteiger partial charge >= 0.3 is 0 Å². The smallest absolute Gasteiger partial charge is 0.242 e. The first-order chi connectivity index (χ1) is 14.4. The molecular weight excluding hydrogens is 396 g/mol. The molecule has 2 amide bonds. The van der Waals surface area contributed by atoms with E-state index in [2.05, 4.69) is 5.32 Å². The van der Waals surface area contributed by atoms with Crippen LogP contribution in [0.5, 0.6) is 5.75 Å². The number of rotatable bonds is 11. The fraction of sp³-hybridized carbons (Fsp3) is 0.417. The van der Waals surface area contributed by atoms with E-state index in [-0.39, 0.29) is 11.8 Å². The van der Waals surface area contributed by atoms with Crippen molar-refractivity contribution in [2.75, 3.05) is 19.4 Å². The van der Waals surface area contributed by atoms with Crippen LogP contribution in [0.4, 0.5) is 0 Å². The van der Waals surface area contributed by atoms with Crippen molar-refractivity contribution in [2.45, 2.75) is 44.7 Å². The van der Waals surface area contributed by atoms with E-state index in [4.69, 9.17) is 4.74 Å². The average Bonchev–Trinajstić information content (AvgIpc) is 2.76. The number of nitrogens with one attached hydrogen (secondary N) is 1. The Morgan fingerprint density at radius 3 is 2.47 bits per heavy atom. The molecule has 1 N–H and O–H groups in total. The van der Waals surface area contributed by atoms with Gasteiger partial charge in [0.15, 0.2) is 0 Å². The highest BCUT2D eigenvalue weighted by atomic mass is 32.2. The van der Waals surface area contributed by atoms with Crippen molar-refractivity contribution in [3.05, 3.63) is 60.2 Å². The van der Waals surface area contributed by atoms with E-state index >= 15 is 0 Å². The lowest BCUT2D eigenvalue weighted by Gasteiger charge is -2.29. The Morgan fingerprint density at radius 1 is 1.07 bits per heavy atom. The Hall–Kier alpha value is -2.47. The van der Waals surface area contributed by atoms with Crippen LogP contribution >= 0.6 is 11.8 Å². The molecule has 0 radical (unpaired) electrons. The summed E-state index contributed by atoms with van der Waals surface area (Å²) in [6.45, 7) is 6.84. The van der Waals surface area contributed by atoms with Crippen molar-refractivity contribution in [2.24, 2.45) is 5.92 Å². The van der Waals surface area contributed by atoms with Gasteiger partial charge in [-0.15, -0.1) is 11.8 Å². The van der Waals surface area contributed by atoms with E-state index in [0.717, 1.165) is 16.2 Å². The van der Waals surface area contributed by atoms with Gasteiger partial charge in [-0.3, -0.25) is 9.59 Å². The molecule has 2 aromatic rings. The summed E-state index contributed by atoms with van der Waals surface area (Å²) >= 11 is 1.64. The van der Waals surface area contributed by atoms with Crippen LogP contribution in [-0.4, -0.2) is 42.2 Å². The number of hydrogen-bond acceptors (Lipinski definition) is 4. The second-order valence-electron chi connectivity index (χ2n) is 7.60. The maximum absolute atomic E-state index is 13.1. The number of amides is 2. The van der Waals surface area contributed by atoms with E-state index in [1.165, 1.54) is 0 Å². The van der Waals surface area contributed by atoms with Gasteiger partial charge in [0.2, 0.25) is 11.8 Å². The molecule has 5 nitrogen and oxygen atoms in total. The fourth-order valence-corrected chi connectivity index (χ4v) is 3.78. The standard InChI is InChI=1S/C24H32N2O3S/c1-18(2)16-25-24(28)19(3)26(17-20-9-8-10-21(15-20)29-4)23(27)13-14-30-22-11-6-5-7-12-22/h5-12,15,18-19H,13-14,16-17H2,1-4H3,(H,25,28)/t19-/m0/s1. The van der Waals surface area contributed by atoms with Gasteiger partial charge in [-0.25, -0.2) is 0 Å². The first-order valence-corrected chi connectivity index (χ1v) is 11.3. The maximum atomic E-state index is 13.1. The summed E-state index contributed by atoms with van der Waals surface area (Å²) in [5.41, 5.74) is 0.932. The molecule has 0 saturated carbocycles. The minimum atomic E-state index is -0.552. The average molecular weight is 429 g/mol. The number of carbonyl (C=O) groups excluding carboxylic acids is 2. The Kier molecular flexibility index (Phi) is 9.74. The number of hydrogen-bond donors (Lipinski definition) is 1. The lowest BCUT2D eigenvalue weighted by atomic mass is 10.1. The third-order valence-electron chi connectivity index (χ3n) is 4.67. The largest absolute Gasteiger partial charge is 0.497 e. The molecule has 1 atom stereocenters. The highest BCUT2D eigenvalue weighted by molar-refractivity contribution is 7.99. The minimum absolute atomic E-state index is 0.0338. The van der Waals surface area contributed by atoms with Crippen LogP contribution < -0.4 is 10.1 Å². The molecule has 0 aliphatic rings. The molecule has 162 valence electrons. The molecule has 2 aromatic carbocycles. The quantitative estimate of drug-likeness (QED) is 0.540. The number of thioether (sulfide) groups is 1. The van der Waals surface area contributed by atoms with E-state index in [1.54, 1.807) is 30.7 Å². The first-order valence-electron chi connectivity index (χ1n) is 10.3. The van der Waals surface area contributed by atoms with Crippen molar-refractivity contribution >= 4 is 23.6 Å². The monoisotopic (exact) mass is 428 g/mol. The Balaban J connectivity index is 2.08. The summed E-state index contributed by atoms with van der Waals surface area (Å²) in [7, 11) is 1.62. The fourth-order valence-electron chi connectivity index (χ4n) is 2.92. The second-order valence-corrected chi connectivity index (χ2v) is 8.77. The van der Waals surface area contributed by atoms with Gasteiger partial charge in [0.05, 0.1) is 7.11 Å². The molecule has 6 heteroatoms. The first kappa shape index (κ1) is 23.8. The maximum Gasteiger partial charge on any atom is 0.242 e. The number of methoxy groups -OCH3 is 1. The molecule has 0 heterocycles. The van der Waals surface area contributed by atoms with Crippen LogP contribution in [-0.2, 0) is 16.1 Å². The Morgan fingerprint density at radius 2 is 1.80 bits per heavy atom. The van der Waals surface area contributed by atoms with Crippen LogP contribution in [0.15, 0.2) is 59.5 Å². The molecule has 30 heavy (non-hydrogen) atoms. The van der Waals surface area contributed by atoms with Gasteiger partial charge < -0.3 is 15.0 Å². The molecule has 0 aromatic heterocycles. The van der Waals surface area contributed by atoms with E-state index in [0.29, 0.717) is 31.2 Å². The zero-order valence-electron chi connectivity index (χ0n) is 18.3. The SMILES string of the molecule is COc1cccc(CN(C(=O)CCSc2ccccc2)[C@@H](C)C(=O)NCC(C)C)c1. The summed E-state index contributed by atoms with van der Waals surface area (Å²) in [6, 6.07) is 17.1. The summed E-state index contributed by atoms with van der Waals surface area (Å²) < 4.78 is 5.30. The van der Waals surface area contributed by atoms with E-state index in [1.807, 2.05) is 68.4 Å². The number of ether oxygens (including phenoxy) is 1. The van der Waals surface area contributed by atoms with Crippen molar-refractivity contribution in [1.29, 1.82) is 0 Å². The molecule has 0 unspecified atom stereocenters. The number of carbonyl (C=O) groups is 2. The molecule has 0 aliphatic carbocycles. The van der Waals surface area contributed by atoms with Gasteiger partial charge in [0.1, 0.15) is 11.8 Å². The normalized spacial score (nSPS) is 11.8. The third kappa shape index (κ3) is 7.75. The molecular formula is C24H32N2O3S. The Bertz CT molecular complexity index is 811. The third-order valence-corrected chi connectivity index (χ3v) is 5.68. The molecule has 0 fully saturated rings. The van der Waals surface area contributed by atoms with Gasteiger partial charge in [-0.1, -0.05) is 44.2 Å². The molecule has 0 spiro atoms. The van der Waals surface area contributed by atoms with Gasteiger partial charge in [0, 0.05) is 30.2 Å². The summed E-state index contributed by atoms with van der Waals surface area (Å²) in [6.07, 6.45) is 0.366. The predicted molar refractivity (Wildman–Crippen MR) is 123 cm³/mol. The molecule has 0 saturated heterocycles. The van der Waals surface area contributed by atoms with E-state index in [9.17, 15) is 9.59 Å². The highest BCUT2D eigenvalue weighted by Gasteiger charge is 2.26. The predicted octanol–water partition coefficient (Wildman–Crippen LogP) is 4.37. The molecule has 0 aliphatic heterocycles. The van der Waals surface area contributed by atoms with Crippen molar-refractivity contribution in [3.63, 3.8) is 0 Å². The highest BCUT2D eigenvalue weighted by Crippen LogP contribution is 2.20. The van der Waals surface area contributed by atoms with Crippen LogP contribution in [0, 0.1) is 5.92 Å². The zero-order chi connectivity index (χ0) is 21.9. The number of benzene rings is 2. The summed E-state index contributed by atoms with van der Waals surface area (Å²) in [4.78, 5) is 28.5. The topological polar surface area (TPSA) is 58.6 Å². The summed E-state index contributed by atoms with van der Waals surface area (Å²) in [5.74, 6) is 1.59. The van der Waals surface area contributed by atoms with Crippen LogP contribution in [0.3, 0.4) is 0 Å². The second kappa shape index (κ2) is 12.3. The lowest BCUT2D eigenvalue weighted by molar-refractivity contribution is -0.140. The summed E-state index contributed by atoms with van der Waals surface area (Å²) in [5, 5.41) is 2.94. The van der Waals surface area contributed by atoms with Gasteiger partial charge in [0.25, 0.3) is 0 Å². The van der Waals surface area contributed by atoms with Crippen molar-refractivity contribution in [1.82, 2.24) is 10.2 Å². The van der Waals surface area contributed by atoms with Gasteiger partial charge in [-0.05, 0) is 42.7 Å². The van der Waals surface area contributed by atoms with Crippen molar-refractivity contribution < 1.29 is 14.3 Å². The minimum Gasteiger partial charge on any atom is -0.497 e. The van der Waals surface area contributed by atoms with Crippen LogP contribution in [0.2, 0.25) is 0 Å². The van der Waals surface area contributed by atoms with Crippen LogP contribution in [0.1, 0.15) is 32.8 Å². The van der Waals surface area contributed by atoms with Crippen LogP contribution in [0.25, 0.3) is 0 Å². The molecule has 0 bridgehead atoms. The van der Waals surface area contributed by atoms with Gasteiger partial charge in [-0.2, -0.15) is 0 Å². The Labute approximate surface area is 184 Å².